The Hall–Kier alpha value is -1.36. The van der Waals surface area contributed by atoms with Crippen LogP contribution in [0.1, 0.15) is 30.5 Å². The van der Waals surface area contributed by atoms with E-state index in [-0.39, 0.29) is 0 Å². The normalized spacial score (nSPS) is 20.3. The molecular weight excluding hydrogens is 226 g/mol. The lowest BCUT2D eigenvalue weighted by Gasteiger charge is -2.27. The third kappa shape index (κ3) is 2.27. The van der Waals surface area contributed by atoms with Crippen LogP contribution in [0.2, 0.25) is 0 Å². The van der Waals surface area contributed by atoms with Crippen LogP contribution in [0.5, 0.6) is 0 Å². The number of rotatable bonds is 1. The Morgan fingerprint density at radius 2 is 1.78 bits per heavy atom. The van der Waals surface area contributed by atoms with Gasteiger partial charge in [-0.15, -0.1) is 0 Å². The van der Waals surface area contributed by atoms with Gasteiger partial charge in [-0.2, -0.15) is 4.98 Å². The zero-order valence-electron chi connectivity index (χ0n) is 10.8. The van der Waals surface area contributed by atoms with Crippen molar-refractivity contribution in [2.24, 2.45) is 0 Å². The number of hydrogen-bond donors (Lipinski definition) is 2. The molecule has 0 radical (unpaired) electrons. The smallest absolute Gasteiger partial charge is 0.227 e. The first kappa shape index (κ1) is 11.7. The molecule has 3 N–H and O–H groups in total. The van der Waals surface area contributed by atoms with Gasteiger partial charge in [-0.25, -0.2) is 4.98 Å². The molecule has 5 nitrogen and oxygen atoms in total. The van der Waals surface area contributed by atoms with Gasteiger partial charge in [-0.05, 0) is 32.2 Å². The average Bonchev–Trinajstić information content (AvgIpc) is 2.65. The molecule has 3 heterocycles. The highest BCUT2D eigenvalue weighted by Gasteiger charge is 2.19. The molecule has 0 atom stereocenters. The van der Waals surface area contributed by atoms with Crippen LogP contribution < -0.4 is 16.0 Å². The van der Waals surface area contributed by atoms with Crippen molar-refractivity contribution in [3.63, 3.8) is 0 Å². The number of nitrogens with zero attached hydrogens (tertiary/aromatic N) is 3. The highest BCUT2D eigenvalue weighted by Crippen LogP contribution is 2.22. The van der Waals surface area contributed by atoms with E-state index in [1.165, 1.54) is 19.3 Å². The van der Waals surface area contributed by atoms with Crippen molar-refractivity contribution < 1.29 is 0 Å². The molecule has 1 aromatic heterocycles. The lowest BCUT2D eigenvalue weighted by atomic mass is 10.1. The van der Waals surface area contributed by atoms with Crippen LogP contribution in [0.3, 0.4) is 0 Å². The number of anilines is 2. The van der Waals surface area contributed by atoms with Crippen molar-refractivity contribution in [3.8, 4) is 0 Å². The van der Waals surface area contributed by atoms with Crippen LogP contribution in [0.25, 0.3) is 0 Å². The van der Waals surface area contributed by atoms with E-state index in [9.17, 15) is 0 Å². The number of nitrogens with two attached hydrogens (primary N) is 1. The zero-order chi connectivity index (χ0) is 12.4. The van der Waals surface area contributed by atoms with E-state index in [1.54, 1.807) is 0 Å². The number of aromatic nitrogens is 2. The first-order valence-electron chi connectivity index (χ1n) is 6.95. The van der Waals surface area contributed by atoms with Gasteiger partial charge in [0, 0.05) is 31.6 Å². The second-order valence-corrected chi connectivity index (χ2v) is 5.13. The van der Waals surface area contributed by atoms with Gasteiger partial charge in [0.2, 0.25) is 5.95 Å². The first-order chi connectivity index (χ1) is 8.84. The largest absolute Gasteiger partial charge is 0.383 e. The first-order valence-corrected chi connectivity index (χ1v) is 6.95. The number of nitrogens with one attached hydrogen (secondary N) is 1. The fraction of sp³-hybridized carbons (Fsp3) is 0.692. The molecule has 0 bridgehead atoms. The van der Waals surface area contributed by atoms with Crippen molar-refractivity contribution in [2.45, 2.75) is 32.1 Å². The van der Waals surface area contributed by atoms with Crippen molar-refractivity contribution in [1.29, 1.82) is 0 Å². The highest BCUT2D eigenvalue weighted by molar-refractivity contribution is 5.49. The van der Waals surface area contributed by atoms with Crippen LogP contribution in [-0.2, 0) is 12.8 Å². The molecule has 0 aromatic carbocycles. The summed E-state index contributed by atoms with van der Waals surface area (Å²) in [6.07, 6.45) is 5.70. The van der Waals surface area contributed by atoms with E-state index in [4.69, 9.17) is 10.7 Å². The predicted octanol–water partition coefficient (Wildman–Crippen LogP) is 0.737. The van der Waals surface area contributed by atoms with Crippen molar-refractivity contribution in [3.05, 3.63) is 11.3 Å². The molecule has 2 aliphatic rings. The molecule has 2 aliphatic heterocycles. The minimum absolute atomic E-state index is 0.685. The highest BCUT2D eigenvalue weighted by atomic mass is 15.3. The van der Waals surface area contributed by atoms with E-state index < -0.39 is 0 Å². The minimum Gasteiger partial charge on any atom is -0.383 e. The van der Waals surface area contributed by atoms with Gasteiger partial charge in [-0.1, -0.05) is 0 Å². The van der Waals surface area contributed by atoms with E-state index >= 15 is 0 Å². The maximum Gasteiger partial charge on any atom is 0.227 e. The van der Waals surface area contributed by atoms with Gasteiger partial charge in [0.1, 0.15) is 5.82 Å². The van der Waals surface area contributed by atoms with Gasteiger partial charge in [0.05, 0.1) is 5.69 Å². The van der Waals surface area contributed by atoms with Crippen LogP contribution >= 0.6 is 0 Å². The third-order valence-corrected chi connectivity index (χ3v) is 3.84. The summed E-state index contributed by atoms with van der Waals surface area (Å²) in [7, 11) is 0. The topological polar surface area (TPSA) is 67.1 Å². The van der Waals surface area contributed by atoms with Crippen molar-refractivity contribution >= 4 is 11.8 Å². The van der Waals surface area contributed by atoms with Gasteiger partial charge in [-0.3, -0.25) is 0 Å². The number of piperidine rings is 1. The monoisotopic (exact) mass is 247 g/mol. The fourth-order valence-corrected chi connectivity index (χ4v) is 2.80. The average molecular weight is 247 g/mol. The molecule has 0 amide bonds. The second-order valence-electron chi connectivity index (χ2n) is 5.13. The van der Waals surface area contributed by atoms with Crippen molar-refractivity contribution in [2.75, 3.05) is 36.8 Å². The fourth-order valence-electron chi connectivity index (χ4n) is 2.80. The molecule has 18 heavy (non-hydrogen) atoms. The Bertz CT molecular complexity index is 426. The van der Waals surface area contributed by atoms with Gasteiger partial charge in [0.15, 0.2) is 0 Å². The zero-order valence-corrected chi connectivity index (χ0v) is 10.8. The number of fused-ring (bicyclic) bond motifs is 1. The summed E-state index contributed by atoms with van der Waals surface area (Å²) < 4.78 is 0. The molecule has 1 fully saturated rings. The summed E-state index contributed by atoms with van der Waals surface area (Å²) in [4.78, 5) is 11.5. The maximum atomic E-state index is 6.11. The van der Waals surface area contributed by atoms with E-state index in [0.29, 0.717) is 5.82 Å². The Kier molecular flexibility index (Phi) is 3.32. The summed E-state index contributed by atoms with van der Waals surface area (Å²) in [5, 5.41) is 3.38. The minimum atomic E-state index is 0.685. The maximum absolute atomic E-state index is 6.11. The molecule has 0 spiro atoms. The van der Waals surface area contributed by atoms with Crippen LogP contribution in [0.4, 0.5) is 11.8 Å². The SMILES string of the molecule is Nc1nc(N2CCCCC2)nc2c1CCNCC2. The van der Waals surface area contributed by atoms with Gasteiger partial charge >= 0.3 is 0 Å². The van der Waals surface area contributed by atoms with E-state index in [2.05, 4.69) is 15.2 Å². The molecule has 5 heteroatoms. The molecule has 0 aliphatic carbocycles. The lowest BCUT2D eigenvalue weighted by molar-refractivity contribution is 0.567. The van der Waals surface area contributed by atoms with Gasteiger partial charge < -0.3 is 16.0 Å². The molecular formula is C13H21N5. The molecule has 98 valence electrons. The molecule has 3 rings (SSSR count). The Morgan fingerprint density at radius 1 is 1.00 bits per heavy atom. The summed E-state index contributed by atoms with van der Waals surface area (Å²) in [5.41, 5.74) is 8.41. The quantitative estimate of drug-likeness (QED) is 0.766. The van der Waals surface area contributed by atoms with Crippen molar-refractivity contribution in [1.82, 2.24) is 15.3 Å². The molecule has 1 saturated heterocycles. The lowest BCUT2D eigenvalue weighted by Crippen LogP contribution is -2.31. The summed E-state index contributed by atoms with van der Waals surface area (Å²) in [5.74, 6) is 1.53. The number of nitrogen functional groups attached to an aromatic ring is 1. The summed E-state index contributed by atoms with van der Waals surface area (Å²) in [6, 6.07) is 0. The Labute approximate surface area is 108 Å². The number of hydrogen-bond acceptors (Lipinski definition) is 5. The predicted molar refractivity (Wildman–Crippen MR) is 72.8 cm³/mol. The summed E-state index contributed by atoms with van der Waals surface area (Å²) >= 11 is 0. The molecule has 0 unspecified atom stereocenters. The standard InChI is InChI=1S/C13H21N5/c14-12-10-4-6-15-7-5-11(10)16-13(17-12)18-8-2-1-3-9-18/h15H,1-9H2,(H2,14,16,17). The van der Waals surface area contributed by atoms with Crippen LogP contribution in [0.15, 0.2) is 0 Å². The van der Waals surface area contributed by atoms with Gasteiger partial charge in [0.25, 0.3) is 0 Å². The second kappa shape index (κ2) is 5.10. The van der Waals surface area contributed by atoms with E-state index in [0.717, 1.165) is 56.2 Å². The molecule has 1 aromatic rings. The molecule has 0 saturated carbocycles. The Morgan fingerprint density at radius 3 is 2.61 bits per heavy atom. The van der Waals surface area contributed by atoms with Crippen LogP contribution in [-0.4, -0.2) is 36.1 Å². The summed E-state index contributed by atoms with van der Waals surface area (Å²) in [6.45, 7) is 4.10. The third-order valence-electron chi connectivity index (χ3n) is 3.84. The van der Waals surface area contributed by atoms with Crippen LogP contribution in [0, 0.1) is 0 Å². The Balaban J connectivity index is 1.91. The van der Waals surface area contributed by atoms with E-state index in [1.807, 2.05) is 0 Å².